The minimum Gasteiger partial charge on any atom is -0.322 e. The van der Waals surface area contributed by atoms with E-state index < -0.39 is 28.5 Å². The predicted molar refractivity (Wildman–Crippen MR) is 78.1 cm³/mol. The summed E-state index contributed by atoms with van der Waals surface area (Å²) in [6.45, 7) is 4.41. The SMILES string of the molecule is Cc1nn(C(C)C(=O)Nc2ccc(F)cc2F)c(C)c1[N+](=O)[O-]. The number of hydrogen-bond donors (Lipinski definition) is 1. The molecule has 2 aromatic rings. The van der Waals surface area contributed by atoms with Crippen molar-refractivity contribution in [3.63, 3.8) is 0 Å². The molecule has 7 nitrogen and oxygen atoms in total. The fraction of sp³-hybridized carbons (Fsp3) is 0.286. The quantitative estimate of drug-likeness (QED) is 0.691. The third-order valence-electron chi connectivity index (χ3n) is 3.40. The second-order valence-corrected chi connectivity index (χ2v) is 5.01. The number of hydrogen-bond acceptors (Lipinski definition) is 4. The Labute approximate surface area is 130 Å². The van der Waals surface area contributed by atoms with Gasteiger partial charge in [-0.15, -0.1) is 0 Å². The van der Waals surface area contributed by atoms with Gasteiger partial charge in [0.25, 0.3) is 0 Å². The smallest absolute Gasteiger partial charge is 0.312 e. The van der Waals surface area contributed by atoms with Crippen molar-refractivity contribution in [3.8, 4) is 0 Å². The van der Waals surface area contributed by atoms with Gasteiger partial charge in [0.15, 0.2) is 0 Å². The maximum Gasteiger partial charge on any atom is 0.312 e. The standard InChI is InChI=1S/C14H14F2N4O3/c1-7-13(20(22)23)8(2)19(18-7)9(3)14(21)17-12-5-4-10(15)6-11(12)16/h4-6,9H,1-3H3,(H,17,21). The van der Waals surface area contributed by atoms with Crippen LogP contribution in [0.4, 0.5) is 20.2 Å². The number of nitro groups is 1. The number of carbonyl (C=O) groups is 1. The van der Waals surface area contributed by atoms with Crippen molar-refractivity contribution in [1.82, 2.24) is 9.78 Å². The van der Waals surface area contributed by atoms with E-state index in [1.807, 2.05) is 0 Å². The summed E-state index contributed by atoms with van der Waals surface area (Å²) in [5.41, 5.74) is 0.0479. The van der Waals surface area contributed by atoms with E-state index in [-0.39, 0.29) is 22.8 Å². The van der Waals surface area contributed by atoms with E-state index in [9.17, 15) is 23.7 Å². The number of amides is 1. The first-order chi connectivity index (χ1) is 10.7. The number of aryl methyl sites for hydroxylation is 1. The Bertz CT molecular complexity index is 789. The summed E-state index contributed by atoms with van der Waals surface area (Å²) in [5, 5.41) is 17.3. The average molecular weight is 324 g/mol. The molecule has 0 radical (unpaired) electrons. The Morgan fingerprint density at radius 1 is 1.39 bits per heavy atom. The Hall–Kier alpha value is -2.84. The minimum atomic E-state index is -0.912. The zero-order valence-corrected chi connectivity index (χ0v) is 12.6. The molecule has 0 aliphatic heterocycles. The van der Waals surface area contributed by atoms with Gasteiger partial charge in [-0.3, -0.25) is 19.6 Å². The van der Waals surface area contributed by atoms with Crippen molar-refractivity contribution >= 4 is 17.3 Å². The zero-order valence-electron chi connectivity index (χ0n) is 12.6. The van der Waals surface area contributed by atoms with Crippen LogP contribution in [0.25, 0.3) is 0 Å². The van der Waals surface area contributed by atoms with Gasteiger partial charge < -0.3 is 5.32 Å². The molecule has 0 saturated heterocycles. The summed E-state index contributed by atoms with van der Waals surface area (Å²) in [5.74, 6) is -2.30. The third-order valence-corrected chi connectivity index (χ3v) is 3.40. The summed E-state index contributed by atoms with van der Waals surface area (Å²) in [6.07, 6.45) is 0. The third kappa shape index (κ3) is 3.17. The first-order valence-corrected chi connectivity index (χ1v) is 6.68. The fourth-order valence-corrected chi connectivity index (χ4v) is 2.23. The molecule has 1 unspecified atom stereocenters. The van der Waals surface area contributed by atoms with Crippen LogP contribution in [0.1, 0.15) is 24.4 Å². The largest absolute Gasteiger partial charge is 0.322 e. The van der Waals surface area contributed by atoms with Gasteiger partial charge in [-0.1, -0.05) is 0 Å². The molecule has 0 spiro atoms. The van der Waals surface area contributed by atoms with Crippen molar-refractivity contribution < 1.29 is 18.5 Å². The lowest BCUT2D eigenvalue weighted by Crippen LogP contribution is -2.25. The number of nitrogens with one attached hydrogen (secondary N) is 1. The molecule has 1 aromatic heterocycles. The molecule has 2 rings (SSSR count). The van der Waals surface area contributed by atoms with E-state index in [0.29, 0.717) is 6.07 Å². The highest BCUT2D eigenvalue weighted by Crippen LogP contribution is 2.25. The van der Waals surface area contributed by atoms with Gasteiger partial charge in [-0.05, 0) is 32.9 Å². The molecule has 9 heteroatoms. The summed E-state index contributed by atoms with van der Waals surface area (Å²) in [4.78, 5) is 22.6. The van der Waals surface area contributed by atoms with Gasteiger partial charge in [-0.2, -0.15) is 5.10 Å². The Kier molecular flexibility index (Phi) is 4.39. The van der Waals surface area contributed by atoms with E-state index in [2.05, 4.69) is 10.4 Å². The van der Waals surface area contributed by atoms with Crippen LogP contribution in [-0.2, 0) is 4.79 Å². The molecule has 1 atom stereocenters. The van der Waals surface area contributed by atoms with Gasteiger partial charge in [-0.25, -0.2) is 8.78 Å². The molecule has 1 amide bonds. The predicted octanol–water partition coefficient (Wildman–Crippen LogP) is 2.89. The second kappa shape index (κ2) is 6.11. The molecule has 0 aliphatic rings. The van der Waals surface area contributed by atoms with E-state index in [1.165, 1.54) is 25.5 Å². The van der Waals surface area contributed by atoms with Crippen molar-refractivity contribution in [2.45, 2.75) is 26.8 Å². The highest BCUT2D eigenvalue weighted by atomic mass is 19.1. The monoisotopic (exact) mass is 324 g/mol. The van der Waals surface area contributed by atoms with Crippen LogP contribution in [0, 0.1) is 35.6 Å². The van der Waals surface area contributed by atoms with Crippen molar-refractivity contribution in [1.29, 1.82) is 0 Å². The number of carbonyl (C=O) groups excluding carboxylic acids is 1. The topological polar surface area (TPSA) is 90.1 Å². The molecule has 0 aliphatic carbocycles. The number of rotatable bonds is 4. The number of benzene rings is 1. The normalized spacial score (nSPS) is 12.0. The lowest BCUT2D eigenvalue weighted by Gasteiger charge is -2.14. The Morgan fingerprint density at radius 3 is 2.57 bits per heavy atom. The van der Waals surface area contributed by atoms with Crippen LogP contribution in [0.2, 0.25) is 0 Å². The minimum absolute atomic E-state index is 0.169. The molecule has 122 valence electrons. The zero-order chi connectivity index (χ0) is 17.3. The Morgan fingerprint density at radius 2 is 2.04 bits per heavy atom. The van der Waals surface area contributed by atoms with Crippen LogP contribution in [0.5, 0.6) is 0 Å². The van der Waals surface area contributed by atoms with Crippen LogP contribution in [0.3, 0.4) is 0 Å². The number of halogens is 2. The average Bonchev–Trinajstić information content (AvgIpc) is 2.76. The van der Waals surface area contributed by atoms with Gasteiger partial charge in [0.05, 0.1) is 10.6 Å². The molecule has 23 heavy (non-hydrogen) atoms. The molecule has 1 heterocycles. The molecule has 0 bridgehead atoms. The van der Waals surface area contributed by atoms with Crippen LogP contribution < -0.4 is 5.32 Å². The van der Waals surface area contributed by atoms with Gasteiger partial charge in [0.2, 0.25) is 5.91 Å². The summed E-state index contributed by atoms with van der Waals surface area (Å²) in [6, 6.07) is 1.84. The van der Waals surface area contributed by atoms with E-state index in [1.54, 1.807) is 0 Å². The van der Waals surface area contributed by atoms with Crippen molar-refractivity contribution in [2.24, 2.45) is 0 Å². The highest BCUT2D eigenvalue weighted by molar-refractivity contribution is 5.93. The molecule has 0 fully saturated rings. The van der Waals surface area contributed by atoms with Crippen LogP contribution in [0.15, 0.2) is 18.2 Å². The molecular weight excluding hydrogens is 310 g/mol. The number of aromatic nitrogens is 2. The van der Waals surface area contributed by atoms with Crippen LogP contribution >= 0.6 is 0 Å². The van der Waals surface area contributed by atoms with Gasteiger partial charge in [0, 0.05) is 6.07 Å². The Balaban J connectivity index is 2.27. The van der Waals surface area contributed by atoms with Crippen molar-refractivity contribution in [2.75, 3.05) is 5.32 Å². The van der Waals surface area contributed by atoms with Crippen molar-refractivity contribution in [3.05, 3.63) is 51.3 Å². The number of anilines is 1. The molecular formula is C14H14F2N4O3. The summed E-state index contributed by atoms with van der Waals surface area (Å²) in [7, 11) is 0. The molecule has 1 N–H and O–H groups in total. The van der Waals surface area contributed by atoms with E-state index in [4.69, 9.17) is 0 Å². The van der Waals surface area contributed by atoms with E-state index >= 15 is 0 Å². The molecule has 0 saturated carbocycles. The highest BCUT2D eigenvalue weighted by Gasteiger charge is 2.27. The maximum absolute atomic E-state index is 13.6. The van der Waals surface area contributed by atoms with Gasteiger partial charge >= 0.3 is 5.69 Å². The molecule has 1 aromatic carbocycles. The summed E-state index contributed by atoms with van der Waals surface area (Å²) >= 11 is 0. The van der Waals surface area contributed by atoms with E-state index in [0.717, 1.165) is 12.1 Å². The van der Waals surface area contributed by atoms with Gasteiger partial charge in [0.1, 0.15) is 29.1 Å². The lowest BCUT2D eigenvalue weighted by atomic mass is 10.2. The second-order valence-electron chi connectivity index (χ2n) is 5.01. The van der Waals surface area contributed by atoms with Crippen LogP contribution in [-0.4, -0.2) is 20.6 Å². The first-order valence-electron chi connectivity index (χ1n) is 6.68. The first kappa shape index (κ1) is 16.5. The number of nitrogens with zero attached hydrogens (tertiary/aromatic N) is 3. The fourth-order valence-electron chi connectivity index (χ4n) is 2.23. The maximum atomic E-state index is 13.6. The lowest BCUT2D eigenvalue weighted by molar-refractivity contribution is -0.386. The summed E-state index contributed by atoms with van der Waals surface area (Å²) < 4.78 is 27.6.